The fourth-order valence-electron chi connectivity index (χ4n) is 2.82. The lowest BCUT2D eigenvalue weighted by Crippen LogP contribution is -2.29. The second-order valence-electron chi connectivity index (χ2n) is 6.97. The van der Waals surface area contributed by atoms with Gasteiger partial charge in [0.05, 0.1) is 39.2 Å². The number of hydrogen-bond donors (Lipinski definition) is 1. The number of nitrogens with one attached hydrogen (secondary N) is 1. The molecule has 0 saturated carbocycles. The Morgan fingerprint density at radius 2 is 1.52 bits per heavy atom. The molecular formula is C22H18Cl4N2O4S. The average molecular weight is 548 g/mol. The first-order valence-corrected chi connectivity index (χ1v) is 12.8. The third kappa shape index (κ3) is 7.16. The molecule has 174 valence electrons. The summed E-state index contributed by atoms with van der Waals surface area (Å²) in [6.45, 7) is -0.153. The van der Waals surface area contributed by atoms with E-state index in [1.54, 1.807) is 48.5 Å². The van der Waals surface area contributed by atoms with Crippen LogP contribution in [0.25, 0.3) is 0 Å². The first-order valence-electron chi connectivity index (χ1n) is 9.42. The van der Waals surface area contributed by atoms with Crippen LogP contribution in [0.1, 0.15) is 5.56 Å². The van der Waals surface area contributed by atoms with E-state index in [0.717, 1.165) is 11.8 Å². The summed E-state index contributed by atoms with van der Waals surface area (Å²) in [7, 11) is -3.55. The number of sulfonamides is 1. The molecular weight excluding hydrogens is 530 g/mol. The maximum atomic E-state index is 12.3. The molecule has 0 spiro atoms. The molecule has 6 nitrogen and oxygen atoms in total. The molecule has 0 bridgehead atoms. The Labute approximate surface area is 212 Å². The van der Waals surface area contributed by atoms with Gasteiger partial charge in [0.1, 0.15) is 5.75 Å². The lowest BCUT2D eigenvalue weighted by molar-refractivity contribution is -0.118. The summed E-state index contributed by atoms with van der Waals surface area (Å²) < 4.78 is 31.4. The van der Waals surface area contributed by atoms with Crippen LogP contribution in [0, 0.1) is 0 Å². The maximum Gasteiger partial charge on any atom is 0.262 e. The predicted molar refractivity (Wildman–Crippen MR) is 135 cm³/mol. The maximum absolute atomic E-state index is 12.3. The van der Waals surface area contributed by atoms with Crippen LogP contribution in [-0.2, 0) is 21.4 Å². The van der Waals surface area contributed by atoms with E-state index in [4.69, 9.17) is 51.1 Å². The number of ether oxygens (including phenoxy) is 1. The van der Waals surface area contributed by atoms with Crippen molar-refractivity contribution in [2.45, 2.75) is 6.54 Å². The van der Waals surface area contributed by atoms with E-state index >= 15 is 0 Å². The lowest BCUT2D eigenvalue weighted by Gasteiger charge is -2.23. The molecule has 0 heterocycles. The van der Waals surface area contributed by atoms with E-state index in [2.05, 4.69) is 5.32 Å². The van der Waals surface area contributed by atoms with Gasteiger partial charge in [0.2, 0.25) is 10.0 Å². The number of carbonyl (C=O) groups excluding carboxylic acids is 1. The molecule has 0 aromatic heterocycles. The molecule has 1 amide bonds. The standard InChI is InChI=1S/C22H18Cl4N2O4S/c1-33(30,31)28(12-14-2-4-15(23)5-3-14)16-6-8-17(9-7-16)32-13-22(29)27-21-11-19(25)18(24)10-20(21)26/h2-11H,12-13H2,1H3,(H,27,29). The Morgan fingerprint density at radius 3 is 2.12 bits per heavy atom. The molecule has 33 heavy (non-hydrogen) atoms. The number of carbonyl (C=O) groups is 1. The monoisotopic (exact) mass is 546 g/mol. The summed E-state index contributed by atoms with van der Waals surface area (Å²) in [5.74, 6) is -0.0751. The van der Waals surface area contributed by atoms with E-state index in [1.165, 1.54) is 16.4 Å². The second kappa shape index (κ2) is 10.8. The smallest absolute Gasteiger partial charge is 0.262 e. The van der Waals surface area contributed by atoms with Crippen LogP contribution in [-0.4, -0.2) is 27.2 Å². The number of amides is 1. The second-order valence-corrected chi connectivity index (χ2v) is 10.5. The summed E-state index contributed by atoms with van der Waals surface area (Å²) in [5.41, 5.74) is 1.54. The van der Waals surface area contributed by atoms with E-state index in [9.17, 15) is 13.2 Å². The van der Waals surface area contributed by atoms with Gasteiger partial charge in [0.15, 0.2) is 6.61 Å². The minimum atomic E-state index is -3.55. The minimum absolute atomic E-state index is 0.142. The highest BCUT2D eigenvalue weighted by molar-refractivity contribution is 7.92. The van der Waals surface area contributed by atoms with Crippen LogP contribution in [0.15, 0.2) is 60.7 Å². The van der Waals surface area contributed by atoms with E-state index in [-0.39, 0.29) is 28.2 Å². The molecule has 0 atom stereocenters. The van der Waals surface area contributed by atoms with Crippen LogP contribution < -0.4 is 14.4 Å². The van der Waals surface area contributed by atoms with Crippen LogP contribution in [0.3, 0.4) is 0 Å². The van der Waals surface area contributed by atoms with Gasteiger partial charge in [-0.1, -0.05) is 58.5 Å². The zero-order valence-electron chi connectivity index (χ0n) is 17.2. The minimum Gasteiger partial charge on any atom is -0.484 e. The molecule has 0 fully saturated rings. The van der Waals surface area contributed by atoms with Gasteiger partial charge in [-0.05, 0) is 54.1 Å². The predicted octanol–water partition coefficient (Wildman–Crippen LogP) is 6.28. The number of halogens is 4. The van der Waals surface area contributed by atoms with Crippen molar-refractivity contribution in [3.8, 4) is 5.75 Å². The Bertz CT molecular complexity index is 1250. The zero-order valence-corrected chi connectivity index (χ0v) is 21.0. The molecule has 0 aliphatic carbocycles. The highest BCUT2D eigenvalue weighted by Crippen LogP contribution is 2.32. The summed E-state index contributed by atoms with van der Waals surface area (Å²) >= 11 is 23.8. The van der Waals surface area contributed by atoms with Crippen molar-refractivity contribution in [1.82, 2.24) is 0 Å². The molecule has 0 radical (unpaired) electrons. The van der Waals surface area contributed by atoms with Gasteiger partial charge < -0.3 is 10.1 Å². The molecule has 1 N–H and O–H groups in total. The molecule has 0 saturated heterocycles. The topological polar surface area (TPSA) is 75.7 Å². The fourth-order valence-corrected chi connectivity index (χ4v) is 4.43. The normalized spacial score (nSPS) is 11.2. The fraction of sp³-hybridized carbons (Fsp3) is 0.136. The zero-order chi connectivity index (χ0) is 24.2. The van der Waals surface area contributed by atoms with Crippen molar-refractivity contribution < 1.29 is 17.9 Å². The van der Waals surface area contributed by atoms with Gasteiger partial charge in [0.25, 0.3) is 5.91 Å². The Hall–Kier alpha value is -2.16. The van der Waals surface area contributed by atoms with Gasteiger partial charge >= 0.3 is 0 Å². The van der Waals surface area contributed by atoms with Crippen molar-refractivity contribution in [2.24, 2.45) is 0 Å². The van der Waals surface area contributed by atoms with E-state index < -0.39 is 15.9 Å². The highest BCUT2D eigenvalue weighted by atomic mass is 35.5. The van der Waals surface area contributed by atoms with Crippen molar-refractivity contribution >= 4 is 73.7 Å². The number of benzene rings is 3. The van der Waals surface area contributed by atoms with Crippen molar-refractivity contribution in [3.05, 3.63) is 86.3 Å². The molecule has 3 rings (SSSR count). The van der Waals surface area contributed by atoms with Crippen LogP contribution in [0.2, 0.25) is 20.1 Å². The summed E-state index contributed by atoms with van der Waals surface area (Å²) in [6.07, 6.45) is 1.13. The number of rotatable bonds is 8. The Balaban J connectivity index is 1.65. The van der Waals surface area contributed by atoms with Crippen LogP contribution >= 0.6 is 46.4 Å². The highest BCUT2D eigenvalue weighted by Gasteiger charge is 2.18. The molecule has 0 aliphatic heterocycles. The Kier molecular flexibility index (Phi) is 8.37. The van der Waals surface area contributed by atoms with Crippen molar-refractivity contribution in [2.75, 3.05) is 22.5 Å². The number of hydrogen-bond acceptors (Lipinski definition) is 4. The molecule has 11 heteroatoms. The number of nitrogens with zero attached hydrogens (tertiary/aromatic N) is 1. The van der Waals surface area contributed by atoms with Crippen molar-refractivity contribution in [3.63, 3.8) is 0 Å². The first kappa shape index (κ1) is 25.5. The van der Waals surface area contributed by atoms with Gasteiger partial charge in [0, 0.05) is 5.02 Å². The summed E-state index contributed by atoms with van der Waals surface area (Å²) in [4.78, 5) is 12.2. The summed E-state index contributed by atoms with van der Waals surface area (Å²) in [5, 5.41) is 3.92. The molecule has 3 aromatic rings. The summed E-state index contributed by atoms with van der Waals surface area (Å²) in [6, 6.07) is 16.1. The van der Waals surface area contributed by atoms with Gasteiger partial charge in [-0.3, -0.25) is 9.10 Å². The SMILES string of the molecule is CS(=O)(=O)N(Cc1ccc(Cl)cc1)c1ccc(OCC(=O)Nc2cc(Cl)c(Cl)cc2Cl)cc1. The molecule has 3 aromatic carbocycles. The van der Waals surface area contributed by atoms with Crippen molar-refractivity contribution in [1.29, 1.82) is 0 Å². The average Bonchev–Trinajstić information content (AvgIpc) is 2.75. The van der Waals surface area contributed by atoms with Gasteiger partial charge in [-0.25, -0.2) is 8.42 Å². The third-order valence-electron chi connectivity index (χ3n) is 4.42. The molecule has 0 aliphatic rings. The third-order valence-corrected chi connectivity index (χ3v) is 6.85. The van der Waals surface area contributed by atoms with Crippen LogP contribution in [0.5, 0.6) is 5.75 Å². The first-order chi connectivity index (χ1) is 15.5. The largest absolute Gasteiger partial charge is 0.484 e. The van der Waals surface area contributed by atoms with E-state index in [0.29, 0.717) is 22.1 Å². The van der Waals surface area contributed by atoms with Gasteiger partial charge in [-0.2, -0.15) is 0 Å². The molecule has 0 unspecified atom stereocenters. The number of anilines is 2. The lowest BCUT2D eigenvalue weighted by atomic mass is 10.2. The van der Waals surface area contributed by atoms with Gasteiger partial charge in [-0.15, -0.1) is 0 Å². The Morgan fingerprint density at radius 1 is 0.909 bits per heavy atom. The quantitative estimate of drug-likeness (QED) is 0.336. The van der Waals surface area contributed by atoms with E-state index in [1.807, 2.05) is 0 Å². The van der Waals surface area contributed by atoms with Crippen LogP contribution in [0.4, 0.5) is 11.4 Å².